The summed E-state index contributed by atoms with van der Waals surface area (Å²) in [5, 5.41) is 102. The molecule has 0 saturated carbocycles. The molecule has 11 atom stereocenters. The van der Waals surface area contributed by atoms with Crippen LogP contribution in [0, 0.1) is 0 Å². The van der Waals surface area contributed by atoms with Gasteiger partial charge in [0.1, 0.15) is 60.3 Å². The number of phenolic OH excluding ortho intramolecular Hbond substituents is 1. The maximum absolute atomic E-state index is 13.9. The summed E-state index contributed by atoms with van der Waals surface area (Å²) in [5.41, 5.74) is -1.09. The Morgan fingerprint density at radius 1 is 0.786 bits per heavy atom. The zero-order valence-corrected chi connectivity index (χ0v) is 21.7. The lowest BCUT2D eigenvalue weighted by molar-refractivity contribution is -0.277. The van der Waals surface area contributed by atoms with E-state index >= 15 is 0 Å². The van der Waals surface area contributed by atoms with E-state index in [0.717, 1.165) is 12.1 Å². The number of phenols is 1. The topological polar surface area (TPSA) is 264 Å². The van der Waals surface area contributed by atoms with Crippen LogP contribution in [0.15, 0.2) is 30.3 Å². The number of benzene rings is 2. The molecule has 2 saturated heterocycles. The van der Waals surface area contributed by atoms with Crippen LogP contribution in [0.1, 0.15) is 43.3 Å². The van der Waals surface area contributed by atoms with Crippen LogP contribution in [-0.4, -0.2) is 137 Å². The predicted molar refractivity (Wildman–Crippen MR) is 135 cm³/mol. The summed E-state index contributed by atoms with van der Waals surface area (Å²) in [7, 11) is 0. The molecule has 0 aromatic heterocycles. The fraction of sp³-hybridized carbons (Fsp3) is 0.481. The van der Waals surface area contributed by atoms with Gasteiger partial charge < -0.3 is 65.3 Å². The van der Waals surface area contributed by atoms with Crippen molar-refractivity contribution in [3.8, 4) is 11.5 Å². The molecular formula is C27H30O15. The minimum absolute atomic E-state index is 0.0564. The van der Waals surface area contributed by atoms with Gasteiger partial charge in [0.25, 0.3) is 0 Å². The van der Waals surface area contributed by atoms with Crippen molar-refractivity contribution in [3.63, 3.8) is 0 Å². The summed E-state index contributed by atoms with van der Waals surface area (Å²) < 4.78 is 16.9. The summed E-state index contributed by atoms with van der Waals surface area (Å²) in [4.78, 5) is 25.7. The van der Waals surface area contributed by atoms with Crippen molar-refractivity contribution in [3.05, 3.63) is 58.1 Å². The molecule has 15 nitrogen and oxygen atoms in total. The number of hydrogen-bond donors (Lipinski definition) is 10. The Morgan fingerprint density at radius 3 is 2.02 bits per heavy atom. The lowest BCUT2D eigenvalue weighted by atomic mass is 9.71. The third-order valence-electron chi connectivity index (χ3n) is 7.93. The van der Waals surface area contributed by atoms with Gasteiger partial charge in [-0.1, -0.05) is 12.1 Å². The molecule has 10 N–H and O–H groups in total. The van der Waals surface area contributed by atoms with Gasteiger partial charge >= 0.3 is 5.97 Å². The molecule has 2 fully saturated rings. The molecule has 2 heterocycles. The highest BCUT2D eigenvalue weighted by Crippen LogP contribution is 2.48. The molecule has 0 spiro atoms. The van der Waals surface area contributed by atoms with E-state index in [1.165, 1.54) is 18.2 Å². The van der Waals surface area contributed by atoms with E-state index in [0.29, 0.717) is 0 Å². The molecule has 0 radical (unpaired) electrons. The number of carbonyl (C=O) groups excluding carboxylic acids is 1. The van der Waals surface area contributed by atoms with Crippen LogP contribution >= 0.6 is 0 Å². The largest absolute Gasteiger partial charge is 0.507 e. The molecule has 15 heteroatoms. The van der Waals surface area contributed by atoms with Crippen molar-refractivity contribution in [1.82, 2.24) is 0 Å². The number of aromatic hydroxyl groups is 1. The van der Waals surface area contributed by atoms with Crippen LogP contribution in [-0.2, 0) is 9.47 Å². The molecule has 3 aliphatic rings. The van der Waals surface area contributed by atoms with Crippen molar-refractivity contribution < 1.29 is 74.9 Å². The number of carbonyl (C=O) groups is 2. The van der Waals surface area contributed by atoms with Crippen molar-refractivity contribution in [2.75, 3.05) is 13.2 Å². The Kier molecular flexibility index (Phi) is 8.25. The van der Waals surface area contributed by atoms with Gasteiger partial charge in [-0.05, 0) is 29.3 Å². The van der Waals surface area contributed by atoms with Gasteiger partial charge in [0.05, 0.1) is 36.0 Å². The number of ketones is 1. The average molecular weight is 595 g/mol. The van der Waals surface area contributed by atoms with E-state index in [1.807, 2.05) is 0 Å². The third kappa shape index (κ3) is 4.83. The van der Waals surface area contributed by atoms with Gasteiger partial charge in [-0.2, -0.15) is 0 Å². The number of hydrogen-bond acceptors (Lipinski definition) is 14. The number of aliphatic hydroxyl groups excluding tert-OH is 8. The number of aliphatic hydroxyl groups is 8. The minimum Gasteiger partial charge on any atom is -0.507 e. The minimum atomic E-state index is -1.84. The molecule has 0 amide bonds. The Bertz CT molecular complexity index is 1360. The summed E-state index contributed by atoms with van der Waals surface area (Å²) in [6.07, 6.45) is -16.6. The molecule has 228 valence electrons. The molecule has 2 aromatic carbocycles. The van der Waals surface area contributed by atoms with Crippen molar-refractivity contribution in [1.29, 1.82) is 0 Å². The highest BCUT2D eigenvalue weighted by molar-refractivity contribution is 6.16. The fourth-order valence-corrected chi connectivity index (χ4v) is 5.76. The molecule has 2 aliphatic heterocycles. The molecule has 0 unspecified atom stereocenters. The smallest absolute Gasteiger partial charge is 0.335 e. The normalized spacial score (nSPS) is 36.2. The molecule has 0 bridgehead atoms. The highest BCUT2D eigenvalue weighted by atomic mass is 16.7. The van der Waals surface area contributed by atoms with E-state index < -0.39 is 103 Å². The van der Waals surface area contributed by atoms with Crippen LogP contribution in [0.3, 0.4) is 0 Å². The molecular weight excluding hydrogens is 564 g/mol. The SMILES string of the molecule is O=C(O)c1cc(O)c2c(c1)[C@H]([C@H]1O[C@H](CO)[C@@H](O)[C@H](O)[C@H]1O)c1cccc(O[C@H]3O[C@H](CO)[C@@H](O)[C@H](O)[C@H]3O)c1C2=O. The first-order chi connectivity index (χ1) is 19.9. The summed E-state index contributed by atoms with van der Waals surface area (Å²) in [5.74, 6) is -4.60. The monoisotopic (exact) mass is 594 g/mol. The van der Waals surface area contributed by atoms with Crippen LogP contribution in [0.2, 0.25) is 0 Å². The first-order valence-electron chi connectivity index (χ1n) is 13.0. The zero-order chi connectivity index (χ0) is 30.6. The quantitative estimate of drug-likeness (QED) is 0.158. The van der Waals surface area contributed by atoms with Crippen molar-refractivity contribution in [2.24, 2.45) is 0 Å². The van der Waals surface area contributed by atoms with E-state index in [2.05, 4.69) is 0 Å². The number of fused-ring (bicyclic) bond motifs is 2. The summed E-state index contributed by atoms with van der Waals surface area (Å²) >= 11 is 0. The number of aromatic carboxylic acids is 1. The maximum atomic E-state index is 13.9. The zero-order valence-electron chi connectivity index (χ0n) is 21.7. The van der Waals surface area contributed by atoms with E-state index in [9.17, 15) is 60.7 Å². The van der Waals surface area contributed by atoms with E-state index in [4.69, 9.17) is 14.2 Å². The second-order valence-corrected chi connectivity index (χ2v) is 10.4. The van der Waals surface area contributed by atoms with Crippen molar-refractivity contribution in [2.45, 2.75) is 67.1 Å². The maximum Gasteiger partial charge on any atom is 0.335 e. The van der Waals surface area contributed by atoms with Crippen LogP contribution in [0.4, 0.5) is 0 Å². The second-order valence-electron chi connectivity index (χ2n) is 10.4. The van der Waals surface area contributed by atoms with Crippen LogP contribution in [0.25, 0.3) is 0 Å². The number of ether oxygens (including phenoxy) is 3. The first-order valence-corrected chi connectivity index (χ1v) is 13.0. The Labute approximate surface area is 237 Å². The Balaban J connectivity index is 1.66. The molecule has 5 rings (SSSR count). The van der Waals surface area contributed by atoms with Gasteiger partial charge in [0.2, 0.25) is 12.1 Å². The van der Waals surface area contributed by atoms with Gasteiger partial charge in [0, 0.05) is 5.92 Å². The number of carboxylic acid groups (broad SMARTS) is 1. The predicted octanol–water partition coefficient (Wildman–Crippen LogP) is -3.21. The second kappa shape index (κ2) is 11.5. The van der Waals surface area contributed by atoms with Gasteiger partial charge in [0.15, 0.2) is 0 Å². The third-order valence-corrected chi connectivity index (χ3v) is 7.93. The van der Waals surface area contributed by atoms with Crippen LogP contribution in [0.5, 0.6) is 11.5 Å². The van der Waals surface area contributed by atoms with Gasteiger partial charge in [-0.15, -0.1) is 0 Å². The fourth-order valence-electron chi connectivity index (χ4n) is 5.76. The lowest BCUT2D eigenvalue weighted by Gasteiger charge is -2.45. The van der Waals surface area contributed by atoms with Crippen LogP contribution < -0.4 is 4.74 Å². The molecule has 42 heavy (non-hydrogen) atoms. The summed E-state index contributed by atoms with van der Waals surface area (Å²) in [6, 6.07) is 6.03. The molecule has 1 aliphatic carbocycles. The Hall–Kier alpha value is -3.22. The molecule has 2 aromatic rings. The van der Waals surface area contributed by atoms with E-state index in [1.54, 1.807) is 0 Å². The first kappa shape index (κ1) is 30.2. The lowest BCUT2D eigenvalue weighted by Crippen LogP contribution is -2.60. The van der Waals surface area contributed by atoms with Crippen molar-refractivity contribution >= 4 is 11.8 Å². The number of carboxylic acids is 1. The van der Waals surface area contributed by atoms with E-state index in [-0.39, 0.29) is 28.0 Å². The number of rotatable bonds is 6. The van der Waals surface area contributed by atoms with Gasteiger partial charge in [-0.25, -0.2) is 4.79 Å². The highest BCUT2D eigenvalue weighted by Gasteiger charge is 2.51. The summed E-state index contributed by atoms with van der Waals surface area (Å²) in [6.45, 7) is -1.52. The Morgan fingerprint density at radius 2 is 1.40 bits per heavy atom. The van der Waals surface area contributed by atoms with Gasteiger partial charge in [-0.3, -0.25) is 4.79 Å². The standard InChI is InChI=1S/C27H30O15/c28-6-13-18(31)21(34)23(36)25(40-13)15-9-2-1-3-12(41-27-24(37)22(35)19(32)14(7-29)42-27)17(9)20(33)16-10(15)4-8(26(38)39)5-11(16)30/h1-5,13-15,18-19,21-25,27-32,34-37H,6-7H2,(H,38,39)/t13-,14-,15-,18-,19-,21+,22+,23-,24-,25-,27+/m1/s1. The average Bonchev–Trinajstić information content (AvgIpc) is 2.96.